The Morgan fingerprint density at radius 1 is 1.23 bits per heavy atom. The number of halogens is 2. The second-order valence-electron chi connectivity index (χ2n) is 4.80. The van der Waals surface area contributed by atoms with E-state index >= 15 is 0 Å². The molecule has 0 aliphatic rings. The lowest BCUT2D eigenvalue weighted by Crippen LogP contribution is -2.16. The molecular formula is C16H13Cl2N3O. The molecule has 0 spiro atoms. The number of pyridine rings is 1. The minimum atomic E-state index is -0.242. The van der Waals surface area contributed by atoms with Crippen LogP contribution < -0.4 is 5.32 Å². The molecule has 0 saturated heterocycles. The first kappa shape index (κ1) is 14.9. The molecule has 112 valence electrons. The highest BCUT2D eigenvalue weighted by molar-refractivity contribution is 6.31. The average molecular weight is 334 g/mol. The number of hydrogen-bond donors (Lipinski definition) is 1. The average Bonchev–Trinajstić information content (AvgIpc) is 2.85. The third-order valence-corrected chi connectivity index (χ3v) is 3.75. The van der Waals surface area contributed by atoms with Crippen LogP contribution in [-0.4, -0.2) is 15.3 Å². The highest BCUT2D eigenvalue weighted by Crippen LogP contribution is 2.20. The fourth-order valence-corrected chi connectivity index (χ4v) is 2.66. The van der Waals surface area contributed by atoms with Gasteiger partial charge in [0.05, 0.1) is 10.7 Å². The molecule has 4 nitrogen and oxygen atoms in total. The van der Waals surface area contributed by atoms with Gasteiger partial charge in [0, 0.05) is 16.9 Å². The van der Waals surface area contributed by atoms with Gasteiger partial charge in [-0.25, -0.2) is 4.98 Å². The van der Waals surface area contributed by atoms with Gasteiger partial charge in [-0.15, -0.1) is 0 Å². The number of carbonyl (C=O) groups excluding carboxylic acids is 1. The summed E-state index contributed by atoms with van der Waals surface area (Å²) >= 11 is 12.0. The number of carbonyl (C=O) groups is 1. The molecule has 0 atom stereocenters. The second-order valence-corrected chi connectivity index (χ2v) is 5.67. The van der Waals surface area contributed by atoms with Crippen LogP contribution in [0.5, 0.6) is 0 Å². The maximum Gasteiger partial charge on any atom is 0.274 e. The lowest BCUT2D eigenvalue weighted by molar-refractivity contribution is 0.102. The fraction of sp³-hybridized carbons (Fsp3) is 0.125. The van der Waals surface area contributed by atoms with Gasteiger partial charge in [-0.2, -0.15) is 0 Å². The van der Waals surface area contributed by atoms with E-state index in [1.165, 1.54) is 0 Å². The highest BCUT2D eigenvalue weighted by atomic mass is 35.5. The zero-order valence-electron chi connectivity index (χ0n) is 11.8. The van der Waals surface area contributed by atoms with Gasteiger partial charge < -0.3 is 5.32 Å². The highest BCUT2D eigenvalue weighted by Gasteiger charge is 2.18. The molecule has 1 aromatic carbocycles. The van der Waals surface area contributed by atoms with E-state index < -0.39 is 0 Å². The molecule has 0 aliphatic carbocycles. The molecule has 0 fully saturated rings. The van der Waals surface area contributed by atoms with Crippen LogP contribution in [-0.2, 0) is 6.42 Å². The molecule has 0 radical (unpaired) electrons. The van der Waals surface area contributed by atoms with Gasteiger partial charge in [-0.1, -0.05) is 36.2 Å². The van der Waals surface area contributed by atoms with Crippen LogP contribution in [0.15, 0.2) is 42.6 Å². The zero-order valence-corrected chi connectivity index (χ0v) is 13.3. The van der Waals surface area contributed by atoms with E-state index in [4.69, 9.17) is 23.2 Å². The summed E-state index contributed by atoms with van der Waals surface area (Å²) in [5, 5.41) is 3.95. The summed E-state index contributed by atoms with van der Waals surface area (Å²) in [6.07, 6.45) is 2.34. The van der Waals surface area contributed by atoms with E-state index in [9.17, 15) is 4.79 Å². The molecular weight excluding hydrogens is 321 g/mol. The number of fused-ring (bicyclic) bond motifs is 1. The lowest BCUT2D eigenvalue weighted by Gasteiger charge is -2.07. The number of hydrogen-bond acceptors (Lipinski definition) is 2. The molecule has 1 N–H and O–H groups in total. The van der Waals surface area contributed by atoms with E-state index in [1.807, 2.05) is 6.92 Å². The maximum absolute atomic E-state index is 12.6. The Morgan fingerprint density at radius 2 is 2.05 bits per heavy atom. The van der Waals surface area contributed by atoms with Gasteiger partial charge in [0.1, 0.15) is 11.3 Å². The van der Waals surface area contributed by atoms with Crippen LogP contribution >= 0.6 is 23.2 Å². The molecule has 6 heteroatoms. The van der Waals surface area contributed by atoms with Crippen molar-refractivity contribution < 1.29 is 4.79 Å². The van der Waals surface area contributed by atoms with Gasteiger partial charge in [-0.05, 0) is 36.8 Å². The normalized spacial score (nSPS) is 10.9. The number of imidazole rings is 1. The summed E-state index contributed by atoms with van der Waals surface area (Å²) in [4.78, 5) is 17.1. The molecule has 2 aromatic heterocycles. The predicted octanol–water partition coefficient (Wildman–Crippen LogP) is 4.46. The van der Waals surface area contributed by atoms with Crippen LogP contribution in [0, 0.1) is 0 Å². The third kappa shape index (κ3) is 2.80. The molecule has 0 aliphatic heterocycles. The topological polar surface area (TPSA) is 46.4 Å². The van der Waals surface area contributed by atoms with E-state index in [0.717, 1.165) is 5.69 Å². The first-order valence-electron chi connectivity index (χ1n) is 6.82. The summed E-state index contributed by atoms with van der Waals surface area (Å²) in [5.41, 5.74) is 2.54. The quantitative estimate of drug-likeness (QED) is 0.769. The third-order valence-electron chi connectivity index (χ3n) is 3.29. The molecule has 3 rings (SSSR count). The summed E-state index contributed by atoms with van der Waals surface area (Å²) < 4.78 is 1.71. The van der Waals surface area contributed by atoms with Crippen LogP contribution in [0.1, 0.15) is 23.1 Å². The Hall–Kier alpha value is -2.04. The predicted molar refractivity (Wildman–Crippen MR) is 89.0 cm³/mol. The van der Waals surface area contributed by atoms with E-state index in [2.05, 4.69) is 10.3 Å². The number of aromatic nitrogens is 2. The first-order chi connectivity index (χ1) is 10.6. The number of benzene rings is 1. The van der Waals surface area contributed by atoms with Gasteiger partial charge in [0.25, 0.3) is 5.91 Å². The van der Waals surface area contributed by atoms with Gasteiger partial charge >= 0.3 is 0 Å². The summed E-state index contributed by atoms with van der Waals surface area (Å²) in [7, 11) is 0. The van der Waals surface area contributed by atoms with Crippen LogP contribution in [0.25, 0.3) is 5.65 Å². The van der Waals surface area contributed by atoms with Gasteiger partial charge in [0.15, 0.2) is 0 Å². The number of nitrogens with one attached hydrogen (secondary N) is 1. The number of aryl methyl sites for hydroxylation is 1. The minimum Gasteiger partial charge on any atom is -0.321 e. The summed E-state index contributed by atoms with van der Waals surface area (Å²) in [6, 6.07) is 10.6. The maximum atomic E-state index is 12.6. The summed E-state index contributed by atoms with van der Waals surface area (Å²) in [5.74, 6) is -0.242. The molecule has 0 saturated carbocycles. The number of nitrogens with zero attached hydrogens (tertiary/aromatic N) is 2. The van der Waals surface area contributed by atoms with Crippen molar-refractivity contribution in [1.29, 1.82) is 0 Å². The van der Waals surface area contributed by atoms with Crippen molar-refractivity contribution in [3.05, 3.63) is 64.0 Å². The van der Waals surface area contributed by atoms with Crippen molar-refractivity contribution in [1.82, 2.24) is 9.38 Å². The zero-order chi connectivity index (χ0) is 15.7. The second kappa shape index (κ2) is 5.99. The van der Waals surface area contributed by atoms with Crippen molar-refractivity contribution in [3.8, 4) is 0 Å². The van der Waals surface area contributed by atoms with Crippen molar-refractivity contribution in [3.63, 3.8) is 0 Å². The molecule has 0 unspecified atom stereocenters. The Kier molecular flexibility index (Phi) is 4.05. The van der Waals surface area contributed by atoms with Crippen LogP contribution in [0.2, 0.25) is 10.0 Å². The largest absolute Gasteiger partial charge is 0.321 e. The van der Waals surface area contributed by atoms with Crippen LogP contribution in [0.3, 0.4) is 0 Å². The molecule has 1 amide bonds. The first-order valence-corrected chi connectivity index (χ1v) is 7.57. The Bertz CT molecular complexity index is 858. The smallest absolute Gasteiger partial charge is 0.274 e. The monoisotopic (exact) mass is 333 g/mol. The lowest BCUT2D eigenvalue weighted by atomic mass is 10.2. The Balaban J connectivity index is 2.04. The van der Waals surface area contributed by atoms with Crippen molar-refractivity contribution >= 4 is 40.4 Å². The minimum absolute atomic E-state index is 0.242. The molecule has 3 aromatic rings. The van der Waals surface area contributed by atoms with E-state index in [1.54, 1.807) is 47.0 Å². The van der Waals surface area contributed by atoms with Crippen molar-refractivity contribution in [2.24, 2.45) is 0 Å². The Labute approximate surface area is 137 Å². The fourth-order valence-electron chi connectivity index (χ4n) is 2.31. The van der Waals surface area contributed by atoms with E-state index in [0.29, 0.717) is 33.5 Å². The SMILES string of the molecule is CCc1nc2ccc(Cl)cn2c1C(=O)Nc1cccc(Cl)c1. The molecule has 0 bridgehead atoms. The van der Waals surface area contributed by atoms with E-state index in [-0.39, 0.29) is 5.91 Å². The number of amides is 1. The van der Waals surface area contributed by atoms with Crippen LogP contribution in [0.4, 0.5) is 5.69 Å². The molecule has 22 heavy (non-hydrogen) atoms. The standard InChI is InChI=1S/C16H13Cl2N3O/c1-2-13-15(21-9-11(18)6-7-14(21)20-13)16(22)19-12-5-3-4-10(17)8-12/h3-9H,2H2,1H3,(H,19,22). The van der Waals surface area contributed by atoms with Crippen molar-refractivity contribution in [2.75, 3.05) is 5.32 Å². The Morgan fingerprint density at radius 3 is 2.77 bits per heavy atom. The number of rotatable bonds is 3. The van der Waals surface area contributed by atoms with Gasteiger partial charge in [0.2, 0.25) is 0 Å². The summed E-state index contributed by atoms with van der Waals surface area (Å²) in [6.45, 7) is 1.96. The van der Waals surface area contributed by atoms with Gasteiger partial charge in [-0.3, -0.25) is 9.20 Å². The van der Waals surface area contributed by atoms with Crippen molar-refractivity contribution in [2.45, 2.75) is 13.3 Å². The molecule has 2 heterocycles. The number of anilines is 1.